The van der Waals surface area contributed by atoms with Crippen LogP contribution in [-0.4, -0.2) is 37.6 Å². The molecule has 0 heterocycles. The van der Waals surface area contributed by atoms with Gasteiger partial charge in [-0.1, -0.05) is 0 Å². The molecule has 0 bridgehead atoms. The van der Waals surface area contributed by atoms with Gasteiger partial charge in [0.05, 0.1) is 23.9 Å². The van der Waals surface area contributed by atoms with E-state index in [-0.39, 0.29) is 17.3 Å². The maximum atomic E-state index is 13.5. The molecule has 100 valence electrons. The van der Waals surface area contributed by atoms with E-state index in [0.29, 0.717) is 12.7 Å². The predicted molar refractivity (Wildman–Crippen MR) is 64.2 cm³/mol. The summed E-state index contributed by atoms with van der Waals surface area (Å²) in [7, 11) is 3.02. The van der Waals surface area contributed by atoms with Gasteiger partial charge in [0.25, 0.3) is 5.91 Å². The van der Waals surface area contributed by atoms with Gasteiger partial charge in [-0.3, -0.25) is 4.79 Å². The number of nitrogens with zero attached hydrogens (tertiary/aromatic N) is 1. The fraction of sp³-hybridized carbons (Fsp3) is 0.417. The van der Waals surface area contributed by atoms with Gasteiger partial charge >= 0.3 is 0 Å². The first kappa shape index (κ1) is 14.4. The van der Waals surface area contributed by atoms with Crippen LogP contribution in [0.25, 0.3) is 0 Å². The standard InChI is InChI=1S/C12H16F2N2O2/c1-7(6-18-3)16(2)12(17)8-4-11(15)10(14)5-9(8)13/h4-5,7H,6,15H2,1-3H3. The number of hydrogen-bond donors (Lipinski definition) is 1. The lowest BCUT2D eigenvalue weighted by Crippen LogP contribution is -2.38. The maximum Gasteiger partial charge on any atom is 0.256 e. The van der Waals surface area contributed by atoms with Crippen LogP contribution in [-0.2, 0) is 4.74 Å². The van der Waals surface area contributed by atoms with Crippen molar-refractivity contribution in [3.05, 3.63) is 29.3 Å². The molecule has 0 spiro atoms. The van der Waals surface area contributed by atoms with Crippen LogP contribution in [0.3, 0.4) is 0 Å². The van der Waals surface area contributed by atoms with E-state index in [9.17, 15) is 13.6 Å². The third kappa shape index (κ3) is 2.95. The number of amides is 1. The van der Waals surface area contributed by atoms with E-state index in [1.807, 2.05) is 0 Å². The molecule has 2 N–H and O–H groups in total. The SMILES string of the molecule is COCC(C)N(C)C(=O)c1cc(N)c(F)cc1F. The average molecular weight is 258 g/mol. The van der Waals surface area contributed by atoms with Gasteiger partial charge in [-0.15, -0.1) is 0 Å². The summed E-state index contributed by atoms with van der Waals surface area (Å²) in [5.41, 5.74) is 4.82. The molecule has 0 aliphatic carbocycles. The molecule has 1 aromatic rings. The second-order valence-electron chi connectivity index (χ2n) is 4.07. The number of methoxy groups -OCH3 is 1. The Hall–Kier alpha value is -1.69. The fourth-order valence-electron chi connectivity index (χ4n) is 1.47. The Morgan fingerprint density at radius 1 is 1.44 bits per heavy atom. The Morgan fingerprint density at radius 3 is 2.61 bits per heavy atom. The normalized spacial score (nSPS) is 12.3. The number of anilines is 1. The summed E-state index contributed by atoms with van der Waals surface area (Å²) in [6, 6.07) is 1.38. The van der Waals surface area contributed by atoms with Gasteiger partial charge in [0, 0.05) is 20.2 Å². The molecule has 0 fully saturated rings. The summed E-state index contributed by atoms with van der Waals surface area (Å²) in [5.74, 6) is -2.37. The Kier molecular flexibility index (Phi) is 4.61. The van der Waals surface area contributed by atoms with Crippen LogP contribution in [0.1, 0.15) is 17.3 Å². The Balaban J connectivity index is 3.00. The predicted octanol–water partition coefficient (Wildman–Crippen LogP) is 1.65. The molecule has 6 heteroatoms. The molecule has 0 aliphatic heterocycles. The van der Waals surface area contributed by atoms with Crippen LogP contribution in [0.4, 0.5) is 14.5 Å². The van der Waals surface area contributed by atoms with E-state index >= 15 is 0 Å². The summed E-state index contributed by atoms with van der Waals surface area (Å²) in [6.07, 6.45) is 0. The van der Waals surface area contributed by atoms with Crippen LogP contribution in [0.15, 0.2) is 12.1 Å². The Labute approximate surface area is 104 Å². The van der Waals surface area contributed by atoms with Crippen molar-refractivity contribution in [3.8, 4) is 0 Å². The first-order chi connectivity index (χ1) is 8.38. The van der Waals surface area contributed by atoms with E-state index in [0.717, 1.165) is 6.07 Å². The van der Waals surface area contributed by atoms with Crippen LogP contribution in [0.5, 0.6) is 0 Å². The number of rotatable bonds is 4. The van der Waals surface area contributed by atoms with Crippen LogP contribution < -0.4 is 5.73 Å². The molecule has 0 saturated heterocycles. The lowest BCUT2D eigenvalue weighted by Gasteiger charge is -2.24. The lowest BCUT2D eigenvalue weighted by molar-refractivity contribution is 0.0629. The van der Waals surface area contributed by atoms with Crippen molar-refractivity contribution in [1.29, 1.82) is 0 Å². The third-order valence-corrected chi connectivity index (χ3v) is 2.71. The van der Waals surface area contributed by atoms with E-state index < -0.39 is 17.5 Å². The molecule has 4 nitrogen and oxygen atoms in total. The summed E-state index contributed by atoms with van der Waals surface area (Å²) >= 11 is 0. The number of nitrogen functional groups attached to an aromatic ring is 1. The molecule has 0 aliphatic rings. The van der Waals surface area contributed by atoms with Gasteiger partial charge in [-0.25, -0.2) is 8.78 Å². The smallest absolute Gasteiger partial charge is 0.256 e. The average Bonchev–Trinajstić information content (AvgIpc) is 2.32. The maximum absolute atomic E-state index is 13.5. The van der Waals surface area contributed by atoms with Crippen molar-refractivity contribution in [1.82, 2.24) is 4.90 Å². The highest BCUT2D eigenvalue weighted by Crippen LogP contribution is 2.18. The number of nitrogens with two attached hydrogens (primary N) is 1. The highest BCUT2D eigenvalue weighted by atomic mass is 19.1. The Morgan fingerprint density at radius 2 is 2.06 bits per heavy atom. The molecule has 0 aromatic heterocycles. The Bertz CT molecular complexity index is 452. The van der Waals surface area contributed by atoms with Gasteiger partial charge in [0.15, 0.2) is 0 Å². The number of halogens is 2. The summed E-state index contributed by atoms with van der Waals surface area (Å²) < 4.78 is 31.4. The third-order valence-electron chi connectivity index (χ3n) is 2.71. The molecule has 1 unspecified atom stereocenters. The van der Waals surface area contributed by atoms with Crippen molar-refractivity contribution in [2.24, 2.45) is 0 Å². The summed E-state index contributed by atoms with van der Waals surface area (Å²) in [4.78, 5) is 13.3. The summed E-state index contributed by atoms with van der Waals surface area (Å²) in [6.45, 7) is 2.08. The zero-order valence-corrected chi connectivity index (χ0v) is 10.5. The highest BCUT2D eigenvalue weighted by molar-refractivity contribution is 5.95. The lowest BCUT2D eigenvalue weighted by atomic mass is 10.1. The molecular weight excluding hydrogens is 242 g/mol. The fourth-order valence-corrected chi connectivity index (χ4v) is 1.47. The molecule has 1 aromatic carbocycles. The number of ether oxygens (including phenoxy) is 1. The largest absolute Gasteiger partial charge is 0.396 e. The van der Waals surface area contributed by atoms with Gasteiger partial charge in [0.2, 0.25) is 0 Å². The van der Waals surface area contributed by atoms with Crippen molar-refractivity contribution in [3.63, 3.8) is 0 Å². The topological polar surface area (TPSA) is 55.6 Å². The number of carbonyl (C=O) groups is 1. The summed E-state index contributed by atoms with van der Waals surface area (Å²) in [5, 5.41) is 0. The van der Waals surface area contributed by atoms with Gasteiger partial charge in [-0.2, -0.15) is 0 Å². The second kappa shape index (κ2) is 5.77. The van der Waals surface area contributed by atoms with E-state index in [1.54, 1.807) is 6.92 Å². The van der Waals surface area contributed by atoms with Crippen molar-refractivity contribution in [2.45, 2.75) is 13.0 Å². The molecule has 0 saturated carbocycles. The van der Waals surface area contributed by atoms with E-state index in [4.69, 9.17) is 10.5 Å². The minimum atomic E-state index is -0.928. The van der Waals surface area contributed by atoms with Crippen molar-refractivity contribution >= 4 is 11.6 Å². The number of carbonyl (C=O) groups excluding carboxylic acids is 1. The van der Waals surface area contributed by atoms with Gasteiger partial charge < -0.3 is 15.4 Å². The molecular formula is C12H16F2N2O2. The molecule has 0 radical (unpaired) electrons. The molecule has 1 atom stereocenters. The van der Waals surface area contributed by atoms with Crippen molar-refractivity contribution in [2.75, 3.05) is 26.5 Å². The second-order valence-corrected chi connectivity index (χ2v) is 4.07. The first-order valence-corrected chi connectivity index (χ1v) is 5.39. The number of likely N-dealkylation sites (N-methyl/N-ethyl adjacent to an activating group) is 1. The van der Waals surface area contributed by atoms with Crippen LogP contribution in [0.2, 0.25) is 0 Å². The zero-order valence-electron chi connectivity index (χ0n) is 10.5. The number of benzene rings is 1. The monoisotopic (exact) mass is 258 g/mol. The quantitative estimate of drug-likeness (QED) is 0.835. The van der Waals surface area contributed by atoms with Gasteiger partial charge in [0.1, 0.15) is 11.6 Å². The first-order valence-electron chi connectivity index (χ1n) is 5.39. The van der Waals surface area contributed by atoms with E-state index in [1.165, 1.54) is 19.1 Å². The number of hydrogen-bond acceptors (Lipinski definition) is 3. The minimum Gasteiger partial charge on any atom is -0.396 e. The van der Waals surface area contributed by atoms with Crippen LogP contribution >= 0.6 is 0 Å². The molecule has 18 heavy (non-hydrogen) atoms. The van der Waals surface area contributed by atoms with Crippen LogP contribution in [0, 0.1) is 11.6 Å². The minimum absolute atomic E-state index is 0.229. The van der Waals surface area contributed by atoms with Crippen molar-refractivity contribution < 1.29 is 18.3 Å². The van der Waals surface area contributed by atoms with Gasteiger partial charge in [-0.05, 0) is 13.0 Å². The molecule has 1 amide bonds. The van der Waals surface area contributed by atoms with E-state index in [2.05, 4.69) is 0 Å². The highest BCUT2D eigenvalue weighted by Gasteiger charge is 2.21. The zero-order chi connectivity index (χ0) is 13.9. The molecule has 1 rings (SSSR count).